The molecule has 1 atom stereocenters. The second-order valence-electron chi connectivity index (χ2n) is 6.10. The summed E-state index contributed by atoms with van der Waals surface area (Å²) in [5.74, 6) is 1.24. The average molecular weight is 284 g/mol. The molecule has 0 spiro atoms. The molecule has 0 bridgehead atoms. The predicted molar refractivity (Wildman–Crippen MR) is 75.4 cm³/mol. The molecule has 20 heavy (non-hydrogen) atoms. The zero-order valence-corrected chi connectivity index (χ0v) is 13.0. The fourth-order valence-corrected chi connectivity index (χ4v) is 1.32. The number of rotatable bonds is 5. The van der Waals surface area contributed by atoms with Crippen LogP contribution in [0.3, 0.4) is 0 Å². The summed E-state index contributed by atoms with van der Waals surface area (Å²) in [6.45, 7) is 12.1. The predicted octanol–water partition coefficient (Wildman–Crippen LogP) is 2.72. The molecule has 0 radical (unpaired) electrons. The summed E-state index contributed by atoms with van der Waals surface area (Å²) >= 11 is 0. The van der Waals surface area contributed by atoms with Gasteiger partial charge >= 0.3 is 6.09 Å². The van der Waals surface area contributed by atoms with Crippen LogP contribution in [0.5, 0.6) is 0 Å². The average Bonchev–Trinajstić information content (AvgIpc) is 2.71. The van der Waals surface area contributed by atoms with Gasteiger partial charge in [0.05, 0.1) is 0 Å². The zero-order valence-electron chi connectivity index (χ0n) is 13.0. The topological polar surface area (TPSA) is 89.3 Å². The van der Waals surface area contributed by atoms with Gasteiger partial charge in [0.2, 0.25) is 0 Å². The van der Waals surface area contributed by atoms with Crippen LogP contribution < -0.4 is 10.6 Å². The van der Waals surface area contributed by atoms with Crippen molar-refractivity contribution in [3.63, 3.8) is 0 Å². The Kier molecular flexibility index (Phi) is 5.35. The van der Waals surface area contributed by atoms with E-state index in [0.717, 1.165) is 6.54 Å². The molecule has 0 saturated heterocycles. The van der Waals surface area contributed by atoms with E-state index in [4.69, 9.17) is 9.26 Å². The van der Waals surface area contributed by atoms with Gasteiger partial charge in [0.25, 0.3) is 11.8 Å². The molecule has 1 amide bonds. The third-order valence-electron chi connectivity index (χ3n) is 2.21. The number of carbonyl (C=O) groups excluding carboxylic acids is 1. The van der Waals surface area contributed by atoms with Crippen molar-refractivity contribution >= 4 is 12.0 Å². The lowest BCUT2D eigenvalue weighted by Gasteiger charge is -2.20. The zero-order chi connectivity index (χ0) is 15.3. The number of hydrogen-bond donors (Lipinski definition) is 2. The third kappa shape index (κ3) is 5.90. The molecule has 0 aromatic carbocycles. The lowest BCUT2D eigenvalue weighted by molar-refractivity contribution is 0.0499. The highest BCUT2D eigenvalue weighted by atomic mass is 16.6. The van der Waals surface area contributed by atoms with Crippen LogP contribution in [0.4, 0.5) is 10.7 Å². The van der Waals surface area contributed by atoms with Crippen LogP contribution in [0.1, 0.15) is 53.5 Å². The maximum Gasteiger partial charge on any atom is 0.408 e. The molecule has 0 aliphatic carbocycles. The highest BCUT2D eigenvalue weighted by molar-refractivity contribution is 5.68. The van der Waals surface area contributed by atoms with Gasteiger partial charge in [-0.15, -0.1) is 0 Å². The molecule has 0 unspecified atom stereocenters. The van der Waals surface area contributed by atoms with Crippen molar-refractivity contribution in [1.82, 2.24) is 15.5 Å². The second kappa shape index (κ2) is 6.58. The van der Waals surface area contributed by atoms with E-state index < -0.39 is 17.7 Å². The fourth-order valence-electron chi connectivity index (χ4n) is 1.32. The maximum atomic E-state index is 11.6. The van der Waals surface area contributed by atoms with Gasteiger partial charge in [-0.1, -0.05) is 13.8 Å². The molecule has 1 aromatic heterocycles. The van der Waals surface area contributed by atoms with E-state index in [2.05, 4.69) is 34.6 Å². The molecule has 0 aliphatic rings. The number of nitrogens with one attached hydrogen (secondary N) is 2. The van der Waals surface area contributed by atoms with Crippen molar-refractivity contribution in [1.29, 1.82) is 0 Å². The third-order valence-corrected chi connectivity index (χ3v) is 2.21. The Labute approximate surface area is 119 Å². The standard InChI is InChI=1S/C13H24N4O3/c1-8(2)7-14-11-16-10(20-17-11)9(3)15-12(18)19-13(4,5)6/h8-9H,7H2,1-6H3,(H,14,17)(H,15,18)/t9-/m0/s1. The first kappa shape index (κ1) is 16.3. The van der Waals surface area contributed by atoms with E-state index in [0.29, 0.717) is 17.8 Å². The Bertz CT molecular complexity index is 437. The summed E-state index contributed by atoms with van der Waals surface area (Å²) in [5, 5.41) is 9.50. The van der Waals surface area contributed by atoms with Gasteiger partial charge < -0.3 is 19.9 Å². The quantitative estimate of drug-likeness (QED) is 0.864. The summed E-state index contributed by atoms with van der Waals surface area (Å²) in [6, 6.07) is -0.410. The number of carbonyl (C=O) groups is 1. The Morgan fingerprint density at radius 1 is 1.35 bits per heavy atom. The summed E-state index contributed by atoms with van der Waals surface area (Å²) < 4.78 is 10.3. The summed E-state index contributed by atoms with van der Waals surface area (Å²) in [4.78, 5) is 15.8. The molecular weight excluding hydrogens is 260 g/mol. The van der Waals surface area contributed by atoms with Gasteiger partial charge in [-0.2, -0.15) is 4.98 Å². The van der Waals surface area contributed by atoms with Crippen molar-refractivity contribution in [2.75, 3.05) is 11.9 Å². The number of anilines is 1. The van der Waals surface area contributed by atoms with E-state index >= 15 is 0 Å². The van der Waals surface area contributed by atoms with Crippen molar-refractivity contribution in [3.05, 3.63) is 5.89 Å². The van der Waals surface area contributed by atoms with Crippen LogP contribution in [0.2, 0.25) is 0 Å². The summed E-state index contributed by atoms with van der Waals surface area (Å²) in [7, 11) is 0. The second-order valence-corrected chi connectivity index (χ2v) is 6.10. The first-order chi connectivity index (χ1) is 9.17. The number of aromatic nitrogens is 2. The largest absolute Gasteiger partial charge is 0.444 e. The fraction of sp³-hybridized carbons (Fsp3) is 0.769. The number of hydrogen-bond acceptors (Lipinski definition) is 6. The monoisotopic (exact) mass is 284 g/mol. The van der Waals surface area contributed by atoms with Gasteiger partial charge in [0.15, 0.2) is 0 Å². The minimum Gasteiger partial charge on any atom is -0.444 e. The minimum atomic E-state index is -0.539. The number of ether oxygens (including phenoxy) is 1. The number of nitrogens with zero attached hydrogens (tertiary/aromatic N) is 2. The van der Waals surface area contributed by atoms with E-state index in [-0.39, 0.29) is 0 Å². The molecular formula is C13H24N4O3. The summed E-state index contributed by atoms with van der Waals surface area (Å²) in [6.07, 6.45) is -0.514. The molecule has 7 heteroatoms. The van der Waals surface area contributed by atoms with Crippen LogP contribution in [-0.4, -0.2) is 28.4 Å². The van der Waals surface area contributed by atoms with Crippen molar-refractivity contribution < 1.29 is 14.1 Å². The first-order valence-corrected chi connectivity index (χ1v) is 6.74. The Morgan fingerprint density at radius 2 is 2.00 bits per heavy atom. The Balaban J connectivity index is 2.51. The normalized spacial score (nSPS) is 13.2. The van der Waals surface area contributed by atoms with Crippen LogP contribution in [-0.2, 0) is 4.74 Å². The van der Waals surface area contributed by atoms with Gasteiger partial charge in [0.1, 0.15) is 11.6 Å². The van der Waals surface area contributed by atoms with Crippen LogP contribution in [0.15, 0.2) is 4.52 Å². The van der Waals surface area contributed by atoms with Crippen LogP contribution in [0, 0.1) is 5.92 Å². The lowest BCUT2D eigenvalue weighted by Crippen LogP contribution is -2.34. The molecule has 2 N–H and O–H groups in total. The highest BCUT2D eigenvalue weighted by Gasteiger charge is 2.21. The Morgan fingerprint density at radius 3 is 2.55 bits per heavy atom. The number of alkyl carbamates (subject to hydrolysis) is 1. The van der Waals surface area contributed by atoms with Gasteiger partial charge in [0, 0.05) is 6.54 Å². The van der Waals surface area contributed by atoms with E-state index in [1.54, 1.807) is 27.7 Å². The van der Waals surface area contributed by atoms with E-state index in [9.17, 15) is 4.79 Å². The molecule has 1 rings (SSSR count). The molecule has 1 aromatic rings. The summed E-state index contributed by atoms with van der Waals surface area (Å²) in [5.41, 5.74) is -0.539. The van der Waals surface area contributed by atoms with Gasteiger partial charge in [-0.3, -0.25) is 0 Å². The molecule has 7 nitrogen and oxygen atoms in total. The van der Waals surface area contributed by atoms with Crippen LogP contribution >= 0.6 is 0 Å². The smallest absolute Gasteiger partial charge is 0.408 e. The molecule has 0 aliphatic heterocycles. The molecule has 114 valence electrons. The van der Waals surface area contributed by atoms with Gasteiger partial charge in [-0.05, 0) is 38.8 Å². The molecule has 0 fully saturated rings. The van der Waals surface area contributed by atoms with Crippen LogP contribution in [0.25, 0.3) is 0 Å². The Hall–Kier alpha value is -1.79. The lowest BCUT2D eigenvalue weighted by atomic mass is 10.2. The van der Waals surface area contributed by atoms with Crippen molar-refractivity contribution in [2.24, 2.45) is 5.92 Å². The maximum absolute atomic E-state index is 11.6. The first-order valence-electron chi connectivity index (χ1n) is 6.74. The van der Waals surface area contributed by atoms with Crippen molar-refractivity contribution in [2.45, 2.75) is 53.2 Å². The minimum absolute atomic E-state index is 0.335. The highest BCUT2D eigenvalue weighted by Crippen LogP contribution is 2.14. The molecule has 1 heterocycles. The number of amides is 1. The van der Waals surface area contributed by atoms with Gasteiger partial charge in [-0.25, -0.2) is 4.79 Å². The van der Waals surface area contributed by atoms with Crippen molar-refractivity contribution in [3.8, 4) is 0 Å². The van der Waals surface area contributed by atoms with E-state index in [1.807, 2.05) is 0 Å². The SMILES string of the molecule is CC(C)CNc1noc([C@H](C)NC(=O)OC(C)(C)C)n1. The molecule has 0 saturated carbocycles. The van der Waals surface area contributed by atoms with E-state index in [1.165, 1.54) is 0 Å².